The van der Waals surface area contributed by atoms with Crippen LogP contribution >= 0.6 is 0 Å². The van der Waals surface area contributed by atoms with Crippen LogP contribution in [0.3, 0.4) is 0 Å². The van der Waals surface area contributed by atoms with Gasteiger partial charge in [0.05, 0.1) is 0 Å². The van der Waals surface area contributed by atoms with Crippen molar-refractivity contribution in [1.29, 1.82) is 0 Å². The predicted molar refractivity (Wildman–Crippen MR) is 116 cm³/mol. The molecule has 1 atom stereocenters. The van der Waals surface area contributed by atoms with Gasteiger partial charge in [-0.25, -0.2) is 0 Å². The highest BCUT2D eigenvalue weighted by Crippen LogP contribution is 2.21. The standard InChI is InChI=1S/C24H32N2O3/c1-5-15-25-24(28)21(6-2)26(16-20-12-8-7-9-13-20)23(27)17-29-22-14-10-11-18(3)19(22)4/h7-14,21H,5-6,15-17H2,1-4H3,(H,25,28)/t21-/m0/s1. The van der Waals surface area contributed by atoms with Gasteiger partial charge in [0.15, 0.2) is 6.61 Å². The minimum atomic E-state index is -0.531. The third-order valence-electron chi connectivity index (χ3n) is 5.04. The van der Waals surface area contributed by atoms with Crippen molar-refractivity contribution >= 4 is 11.8 Å². The summed E-state index contributed by atoms with van der Waals surface area (Å²) in [4.78, 5) is 27.4. The summed E-state index contributed by atoms with van der Waals surface area (Å²) in [6, 6.07) is 15.0. The summed E-state index contributed by atoms with van der Waals surface area (Å²) < 4.78 is 5.83. The van der Waals surface area contributed by atoms with Gasteiger partial charge < -0.3 is 15.0 Å². The van der Waals surface area contributed by atoms with E-state index in [0.29, 0.717) is 25.3 Å². The molecule has 2 aromatic carbocycles. The molecule has 0 aliphatic carbocycles. The topological polar surface area (TPSA) is 58.6 Å². The zero-order valence-corrected chi connectivity index (χ0v) is 17.9. The van der Waals surface area contributed by atoms with Crippen molar-refractivity contribution < 1.29 is 14.3 Å². The van der Waals surface area contributed by atoms with E-state index in [9.17, 15) is 9.59 Å². The maximum atomic E-state index is 13.1. The number of hydrogen-bond acceptors (Lipinski definition) is 3. The fourth-order valence-corrected chi connectivity index (χ4v) is 3.17. The Bertz CT molecular complexity index is 805. The molecular formula is C24H32N2O3. The number of amides is 2. The molecule has 2 amide bonds. The van der Waals surface area contributed by atoms with Crippen molar-refractivity contribution in [3.8, 4) is 5.75 Å². The zero-order valence-electron chi connectivity index (χ0n) is 17.9. The second-order valence-electron chi connectivity index (χ2n) is 7.21. The summed E-state index contributed by atoms with van der Waals surface area (Å²) in [5, 5.41) is 2.92. The predicted octanol–water partition coefficient (Wildman–Crippen LogP) is 4.02. The lowest BCUT2D eigenvalue weighted by atomic mass is 10.1. The van der Waals surface area contributed by atoms with E-state index < -0.39 is 6.04 Å². The van der Waals surface area contributed by atoms with Crippen LogP contribution in [0, 0.1) is 13.8 Å². The van der Waals surface area contributed by atoms with Crippen molar-refractivity contribution in [3.63, 3.8) is 0 Å². The van der Waals surface area contributed by atoms with Gasteiger partial charge >= 0.3 is 0 Å². The van der Waals surface area contributed by atoms with Gasteiger partial charge in [0.25, 0.3) is 5.91 Å². The van der Waals surface area contributed by atoms with E-state index in [1.807, 2.05) is 76.2 Å². The molecule has 0 aliphatic rings. The molecule has 0 spiro atoms. The lowest BCUT2D eigenvalue weighted by molar-refractivity contribution is -0.143. The molecule has 29 heavy (non-hydrogen) atoms. The van der Waals surface area contributed by atoms with Crippen LogP contribution in [0.1, 0.15) is 43.4 Å². The minimum Gasteiger partial charge on any atom is -0.483 e. The first-order valence-electron chi connectivity index (χ1n) is 10.3. The van der Waals surface area contributed by atoms with Gasteiger partial charge in [-0.05, 0) is 49.4 Å². The molecule has 0 radical (unpaired) electrons. The Hall–Kier alpha value is -2.82. The number of nitrogens with zero attached hydrogens (tertiary/aromatic N) is 1. The van der Waals surface area contributed by atoms with Gasteiger partial charge in [-0.1, -0.05) is 56.3 Å². The number of ether oxygens (including phenoxy) is 1. The lowest BCUT2D eigenvalue weighted by Crippen LogP contribution is -2.50. The first-order chi connectivity index (χ1) is 14.0. The molecule has 5 nitrogen and oxygen atoms in total. The summed E-state index contributed by atoms with van der Waals surface area (Å²) in [6.45, 7) is 8.78. The van der Waals surface area contributed by atoms with E-state index in [-0.39, 0.29) is 18.4 Å². The molecule has 2 aromatic rings. The van der Waals surface area contributed by atoms with Crippen LogP contribution in [0.2, 0.25) is 0 Å². The highest BCUT2D eigenvalue weighted by atomic mass is 16.5. The number of carbonyl (C=O) groups excluding carboxylic acids is 2. The molecule has 1 N–H and O–H groups in total. The summed E-state index contributed by atoms with van der Waals surface area (Å²) in [6.07, 6.45) is 1.39. The van der Waals surface area contributed by atoms with Crippen LogP contribution in [0.4, 0.5) is 0 Å². The van der Waals surface area contributed by atoms with Gasteiger partial charge in [0.2, 0.25) is 5.91 Å². The van der Waals surface area contributed by atoms with E-state index >= 15 is 0 Å². The summed E-state index contributed by atoms with van der Waals surface area (Å²) in [7, 11) is 0. The number of carbonyl (C=O) groups is 2. The monoisotopic (exact) mass is 396 g/mol. The molecule has 0 aliphatic heterocycles. The first-order valence-corrected chi connectivity index (χ1v) is 10.3. The van der Waals surface area contributed by atoms with E-state index in [0.717, 1.165) is 23.1 Å². The third-order valence-corrected chi connectivity index (χ3v) is 5.04. The average molecular weight is 397 g/mol. The number of hydrogen-bond donors (Lipinski definition) is 1. The quantitative estimate of drug-likeness (QED) is 0.660. The zero-order chi connectivity index (χ0) is 21.2. The summed E-state index contributed by atoms with van der Waals surface area (Å²) in [5.41, 5.74) is 3.11. The fourth-order valence-electron chi connectivity index (χ4n) is 3.17. The molecular weight excluding hydrogens is 364 g/mol. The maximum absolute atomic E-state index is 13.1. The van der Waals surface area contributed by atoms with Crippen LogP contribution < -0.4 is 10.1 Å². The van der Waals surface area contributed by atoms with Crippen LogP contribution in [-0.2, 0) is 16.1 Å². The SMILES string of the molecule is CCCNC(=O)[C@H](CC)N(Cc1ccccc1)C(=O)COc1cccc(C)c1C. The Labute approximate surface area is 174 Å². The van der Waals surface area contributed by atoms with E-state index in [2.05, 4.69) is 5.32 Å². The molecule has 156 valence electrons. The molecule has 2 rings (SSSR count). The number of rotatable bonds is 10. The maximum Gasteiger partial charge on any atom is 0.261 e. The Morgan fingerprint density at radius 1 is 1.03 bits per heavy atom. The molecule has 0 saturated carbocycles. The highest BCUT2D eigenvalue weighted by molar-refractivity contribution is 5.88. The molecule has 0 bridgehead atoms. The molecule has 0 heterocycles. The molecule has 0 aromatic heterocycles. The molecule has 5 heteroatoms. The minimum absolute atomic E-state index is 0.102. The van der Waals surface area contributed by atoms with Crippen LogP contribution in [0.15, 0.2) is 48.5 Å². The Morgan fingerprint density at radius 3 is 2.41 bits per heavy atom. The molecule has 0 unspecified atom stereocenters. The van der Waals surface area contributed by atoms with E-state index in [1.54, 1.807) is 4.90 Å². The first kappa shape index (κ1) is 22.5. The Morgan fingerprint density at radius 2 is 1.76 bits per heavy atom. The van der Waals surface area contributed by atoms with Crippen molar-refractivity contribution in [2.75, 3.05) is 13.2 Å². The molecule has 0 fully saturated rings. The van der Waals surface area contributed by atoms with Crippen LogP contribution in [0.5, 0.6) is 5.75 Å². The van der Waals surface area contributed by atoms with Gasteiger partial charge in [-0.3, -0.25) is 9.59 Å². The smallest absolute Gasteiger partial charge is 0.261 e. The second kappa shape index (κ2) is 11.2. The number of aryl methyl sites for hydroxylation is 1. The fraction of sp³-hybridized carbons (Fsp3) is 0.417. The van der Waals surface area contributed by atoms with Crippen LogP contribution in [-0.4, -0.2) is 35.9 Å². The third kappa shape index (κ3) is 6.34. The van der Waals surface area contributed by atoms with E-state index in [1.165, 1.54) is 0 Å². The van der Waals surface area contributed by atoms with Gasteiger partial charge in [-0.15, -0.1) is 0 Å². The van der Waals surface area contributed by atoms with Gasteiger partial charge in [0, 0.05) is 13.1 Å². The molecule has 0 saturated heterocycles. The van der Waals surface area contributed by atoms with Crippen LogP contribution in [0.25, 0.3) is 0 Å². The van der Waals surface area contributed by atoms with Crippen molar-refractivity contribution in [2.24, 2.45) is 0 Å². The summed E-state index contributed by atoms with van der Waals surface area (Å²) >= 11 is 0. The normalized spacial score (nSPS) is 11.6. The average Bonchev–Trinajstić information content (AvgIpc) is 2.73. The number of nitrogens with one attached hydrogen (secondary N) is 1. The number of benzene rings is 2. The van der Waals surface area contributed by atoms with Crippen molar-refractivity contribution in [3.05, 3.63) is 65.2 Å². The van der Waals surface area contributed by atoms with E-state index in [4.69, 9.17) is 4.74 Å². The lowest BCUT2D eigenvalue weighted by Gasteiger charge is -2.30. The second-order valence-corrected chi connectivity index (χ2v) is 7.21. The van der Waals surface area contributed by atoms with Gasteiger partial charge in [-0.2, -0.15) is 0 Å². The van der Waals surface area contributed by atoms with Gasteiger partial charge in [0.1, 0.15) is 11.8 Å². The largest absolute Gasteiger partial charge is 0.483 e. The van der Waals surface area contributed by atoms with Crippen molar-refractivity contribution in [1.82, 2.24) is 10.2 Å². The summed E-state index contributed by atoms with van der Waals surface area (Å²) in [5.74, 6) is 0.375. The highest BCUT2D eigenvalue weighted by Gasteiger charge is 2.28. The Balaban J connectivity index is 2.19. The van der Waals surface area contributed by atoms with Crippen molar-refractivity contribution in [2.45, 2.75) is 53.1 Å². The Kier molecular flexibility index (Phi) is 8.71.